The van der Waals surface area contributed by atoms with E-state index in [1.54, 1.807) is 12.1 Å². The van der Waals surface area contributed by atoms with Gasteiger partial charge in [-0.15, -0.1) is 0 Å². The summed E-state index contributed by atoms with van der Waals surface area (Å²) in [6, 6.07) is 24.0. The minimum Gasteiger partial charge on any atom is -0.487 e. The minimum atomic E-state index is -3.61. The van der Waals surface area contributed by atoms with Crippen molar-refractivity contribution in [1.29, 1.82) is 0 Å². The number of anilines is 1. The topological polar surface area (TPSA) is 105 Å². The summed E-state index contributed by atoms with van der Waals surface area (Å²) in [5.41, 5.74) is 2.53. The number of carbonyl (C=O) groups excluding carboxylic acids is 2. The first-order valence-electron chi connectivity index (χ1n) is 12.5. The van der Waals surface area contributed by atoms with Crippen molar-refractivity contribution in [3.63, 3.8) is 0 Å². The summed E-state index contributed by atoms with van der Waals surface area (Å²) in [7, 11) is -3.61. The summed E-state index contributed by atoms with van der Waals surface area (Å²) >= 11 is 0. The van der Waals surface area contributed by atoms with Crippen molar-refractivity contribution >= 4 is 27.4 Å². The molecule has 0 saturated heterocycles. The summed E-state index contributed by atoms with van der Waals surface area (Å²) in [4.78, 5) is 27.3. The third kappa shape index (κ3) is 9.64. The van der Waals surface area contributed by atoms with E-state index in [0.717, 1.165) is 17.4 Å². The van der Waals surface area contributed by atoms with Gasteiger partial charge in [-0.05, 0) is 29.3 Å². The average Bonchev–Trinajstić information content (AvgIpc) is 2.88. The highest BCUT2D eigenvalue weighted by atomic mass is 32.2. The number of ether oxygens (including phenoxy) is 1. The fourth-order valence-corrected chi connectivity index (χ4v) is 4.29. The number of sulfonamides is 1. The summed E-state index contributed by atoms with van der Waals surface area (Å²) < 4.78 is 32.4. The molecule has 0 heterocycles. The standard InChI is InChI=1S/C29H35N3O5S/c1-22(2)29(34)30-16-17-32(19-23-10-6-4-7-11-23)20-27(33)25-14-15-28(26(18-25)31-38(3,35)36)37-21-24-12-8-5-9-13-24/h4-15,18,22,31H,16-17,19-21H2,1-3H3,(H,30,34). The van der Waals surface area contributed by atoms with Gasteiger partial charge in [0.05, 0.1) is 18.5 Å². The Bertz CT molecular complexity index is 1310. The van der Waals surface area contributed by atoms with Gasteiger partial charge >= 0.3 is 0 Å². The first kappa shape index (κ1) is 28.9. The molecular weight excluding hydrogens is 502 g/mol. The molecule has 38 heavy (non-hydrogen) atoms. The van der Waals surface area contributed by atoms with Crippen LogP contribution >= 0.6 is 0 Å². The predicted molar refractivity (Wildman–Crippen MR) is 150 cm³/mol. The lowest BCUT2D eigenvalue weighted by molar-refractivity contribution is -0.124. The van der Waals surface area contributed by atoms with Gasteiger partial charge in [0.15, 0.2) is 5.78 Å². The molecule has 0 bridgehead atoms. The highest BCUT2D eigenvalue weighted by Gasteiger charge is 2.18. The Balaban J connectivity index is 1.76. The number of nitrogens with one attached hydrogen (secondary N) is 2. The van der Waals surface area contributed by atoms with Crippen LogP contribution in [0.5, 0.6) is 5.75 Å². The molecule has 0 fully saturated rings. The van der Waals surface area contributed by atoms with E-state index in [2.05, 4.69) is 10.0 Å². The van der Waals surface area contributed by atoms with E-state index in [-0.39, 0.29) is 36.4 Å². The number of benzene rings is 3. The maximum atomic E-state index is 13.3. The van der Waals surface area contributed by atoms with Gasteiger partial charge in [0.2, 0.25) is 15.9 Å². The Morgan fingerprint density at radius 2 is 1.55 bits per heavy atom. The van der Waals surface area contributed by atoms with Crippen LogP contribution in [0.4, 0.5) is 5.69 Å². The van der Waals surface area contributed by atoms with Crippen LogP contribution in [-0.4, -0.2) is 50.9 Å². The molecule has 202 valence electrons. The summed E-state index contributed by atoms with van der Waals surface area (Å²) in [5, 5.41) is 2.90. The maximum Gasteiger partial charge on any atom is 0.229 e. The van der Waals surface area contributed by atoms with Crippen LogP contribution in [0.1, 0.15) is 35.3 Å². The third-order valence-corrected chi connectivity index (χ3v) is 6.29. The van der Waals surface area contributed by atoms with Gasteiger partial charge in [0, 0.05) is 31.1 Å². The number of hydrogen-bond acceptors (Lipinski definition) is 6. The summed E-state index contributed by atoms with van der Waals surface area (Å²) in [6.07, 6.45) is 1.05. The highest BCUT2D eigenvalue weighted by molar-refractivity contribution is 7.92. The molecule has 0 aliphatic rings. The predicted octanol–water partition coefficient (Wildman–Crippen LogP) is 4.09. The van der Waals surface area contributed by atoms with Crippen LogP contribution in [0.15, 0.2) is 78.9 Å². The number of nitrogens with zero attached hydrogens (tertiary/aromatic N) is 1. The molecule has 1 amide bonds. The monoisotopic (exact) mass is 537 g/mol. The molecule has 0 aliphatic carbocycles. The SMILES string of the molecule is CC(C)C(=O)NCCN(CC(=O)c1ccc(OCc2ccccc2)c(NS(C)(=O)=O)c1)Cc1ccccc1. The fraction of sp³-hybridized carbons (Fsp3) is 0.310. The Hall–Kier alpha value is -3.69. The van der Waals surface area contributed by atoms with Crippen molar-refractivity contribution in [3.8, 4) is 5.75 Å². The van der Waals surface area contributed by atoms with E-state index >= 15 is 0 Å². The Labute approximate surface area is 225 Å². The lowest BCUT2D eigenvalue weighted by Gasteiger charge is -2.22. The molecule has 0 aliphatic heterocycles. The zero-order valence-electron chi connectivity index (χ0n) is 22.0. The Morgan fingerprint density at radius 3 is 2.16 bits per heavy atom. The molecule has 0 aromatic heterocycles. The van der Waals surface area contributed by atoms with Crippen LogP contribution in [-0.2, 0) is 28.0 Å². The van der Waals surface area contributed by atoms with Crippen molar-refractivity contribution in [1.82, 2.24) is 10.2 Å². The Kier molecular flexibility index (Phi) is 10.4. The second-order valence-electron chi connectivity index (χ2n) is 9.42. The molecule has 0 atom stereocenters. The number of carbonyl (C=O) groups is 2. The minimum absolute atomic E-state index is 0.0430. The molecule has 0 spiro atoms. The number of hydrogen-bond donors (Lipinski definition) is 2. The van der Waals surface area contributed by atoms with Gasteiger partial charge in [-0.1, -0.05) is 74.5 Å². The van der Waals surface area contributed by atoms with Crippen LogP contribution in [0.2, 0.25) is 0 Å². The first-order valence-corrected chi connectivity index (χ1v) is 14.4. The van der Waals surface area contributed by atoms with Crippen LogP contribution < -0.4 is 14.8 Å². The van der Waals surface area contributed by atoms with E-state index in [1.165, 1.54) is 6.07 Å². The first-order chi connectivity index (χ1) is 18.1. The van der Waals surface area contributed by atoms with E-state index in [1.807, 2.05) is 79.4 Å². The number of Topliss-reactive ketones (excluding diaryl/α,β-unsaturated/α-hetero) is 1. The fourth-order valence-electron chi connectivity index (χ4n) is 3.74. The van der Waals surface area contributed by atoms with Crippen LogP contribution in [0, 0.1) is 5.92 Å². The van der Waals surface area contributed by atoms with E-state index in [4.69, 9.17) is 4.74 Å². The van der Waals surface area contributed by atoms with E-state index in [0.29, 0.717) is 30.9 Å². The van der Waals surface area contributed by atoms with Crippen molar-refractivity contribution in [2.45, 2.75) is 27.0 Å². The molecule has 0 radical (unpaired) electrons. The van der Waals surface area contributed by atoms with Gasteiger partial charge < -0.3 is 10.1 Å². The molecule has 0 unspecified atom stereocenters. The second kappa shape index (κ2) is 13.7. The molecule has 3 aromatic rings. The average molecular weight is 538 g/mol. The molecule has 0 saturated carbocycles. The third-order valence-electron chi connectivity index (χ3n) is 5.70. The molecule has 2 N–H and O–H groups in total. The molecule has 8 nitrogen and oxygen atoms in total. The van der Waals surface area contributed by atoms with Crippen LogP contribution in [0.25, 0.3) is 0 Å². The quantitative estimate of drug-likeness (QED) is 0.300. The van der Waals surface area contributed by atoms with E-state index < -0.39 is 10.0 Å². The zero-order valence-corrected chi connectivity index (χ0v) is 22.8. The molecule has 3 rings (SSSR count). The van der Waals surface area contributed by atoms with Gasteiger partial charge in [0.1, 0.15) is 12.4 Å². The zero-order chi connectivity index (χ0) is 27.5. The van der Waals surface area contributed by atoms with Crippen LogP contribution in [0.3, 0.4) is 0 Å². The van der Waals surface area contributed by atoms with Gasteiger partial charge in [-0.25, -0.2) is 8.42 Å². The number of rotatable bonds is 14. The largest absolute Gasteiger partial charge is 0.487 e. The lowest BCUT2D eigenvalue weighted by Crippen LogP contribution is -2.38. The summed E-state index contributed by atoms with van der Waals surface area (Å²) in [5.74, 6) is -0.0168. The van der Waals surface area contributed by atoms with Crippen molar-refractivity contribution < 1.29 is 22.7 Å². The molecule has 9 heteroatoms. The Morgan fingerprint density at radius 1 is 0.921 bits per heavy atom. The highest BCUT2D eigenvalue weighted by Crippen LogP contribution is 2.28. The van der Waals surface area contributed by atoms with Gasteiger partial charge in [-0.2, -0.15) is 0 Å². The van der Waals surface area contributed by atoms with Gasteiger partial charge in [0.25, 0.3) is 0 Å². The van der Waals surface area contributed by atoms with E-state index in [9.17, 15) is 18.0 Å². The normalized spacial score (nSPS) is 11.4. The van der Waals surface area contributed by atoms with Crippen molar-refractivity contribution in [2.75, 3.05) is 30.6 Å². The van der Waals surface area contributed by atoms with Crippen molar-refractivity contribution in [3.05, 3.63) is 95.6 Å². The summed E-state index contributed by atoms with van der Waals surface area (Å²) in [6.45, 7) is 5.41. The van der Waals surface area contributed by atoms with Crippen molar-refractivity contribution in [2.24, 2.45) is 5.92 Å². The molecular formula is C29H35N3O5S. The second-order valence-corrected chi connectivity index (χ2v) is 11.2. The lowest BCUT2D eigenvalue weighted by atomic mass is 10.1. The number of ketones is 1. The maximum absolute atomic E-state index is 13.3. The smallest absolute Gasteiger partial charge is 0.229 e. The van der Waals surface area contributed by atoms with Gasteiger partial charge in [-0.3, -0.25) is 19.2 Å². The molecule has 3 aromatic carbocycles. The number of amides is 1.